The molecular weight excluding hydrogens is 519 g/mol. The van der Waals surface area contributed by atoms with Gasteiger partial charge in [-0.15, -0.1) is 0 Å². The van der Waals surface area contributed by atoms with Crippen molar-refractivity contribution in [3.8, 4) is 0 Å². The number of benzene rings is 2. The molecule has 6 nitrogen and oxygen atoms in total. The van der Waals surface area contributed by atoms with Crippen LogP contribution < -0.4 is 10.2 Å². The molecule has 38 heavy (non-hydrogen) atoms. The van der Waals surface area contributed by atoms with E-state index >= 15 is 0 Å². The molecule has 1 aromatic heterocycles. The number of hydrogen-bond donors (Lipinski definition) is 2. The molecule has 1 saturated carbocycles. The molecule has 2 aliphatic rings. The Morgan fingerprint density at radius 3 is 2.45 bits per heavy atom. The van der Waals surface area contributed by atoms with Crippen molar-refractivity contribution >= 4 is 29.1 Å². The Labute approximate surface area is 222 Å². The van der Waals surface area contributed by atoms with Gasteiger partial charge in [0.05, 0.1) is 16.3 Å². The maximum absolute atomic E-state index is 14.7. The summed E-state index contributed by atoms with van der Waals surface area (Å²) in [6.07, 6.45) is 0.642. The summed E-state index contributed by atoms with van der Waals surface area (Å²) in [4.78, 5) is 31.4. The lowest BCUT2D eigenvalue weighted by Crippen LogP contribution is -2.45. The van der Waals surface area contributed by atoms with E-state index in [0.29, 0.717) is 43.5 Å². The maximum Gasteiger partial charge on any atom is 0.281 e. The van der Waals surface area contributed by atoms with E-state index in [1.807, 2.05) is 0 Å². The number of halogens is 4. The van der Waals surface area contributed by atoms with E-state index in [-0.39, 0.29) is 28.1 Å². The van der Waals surface area contributed by atoms with Crippen molar-refractivity contribution in [2.45, 2.75) is 43.8 Å². The first-order chi connectivity index (χ1) is 18.2. The zero-order valence-corrected chi connectivity index (χ0v) is 21.0. The van der Waals surface area contributed by atoms with Gasteiger partial charge in [0.1, 0.15) is 11.5 Å². The van der Waals surface area contributed by atoms with Crippen molar-refractivity contribution in [2.24, 2.45) is 5.92 Å². The molecule has 198 valence electrons. The topological polar surface area (TPSA) is 82.5 Å². The van der Waals surface area contributed by atoms with Crippen LogP contribution in [0.15, 0.2) is 60.8 Å². The van der Waals surface area contributed by atoms with Gasteiger partial charge >= 0.3 is 0 Å². The van der Waals surface area contributed by atoms with E-state index in [4.69, 9.17) is 11.6 Å². The van der Waals surface area contributed by atoms with Gasteiger partial charge in [-0.1, -0.05) is 48.0 Å². The second kappa shape index (κ2) is 10.4. The number of hydrogen-bond acceptors (Lipinski definition) is 4. The minimum atomic E-state index is -2.91. The highest BCUT2D eigenvalue weighted by Gasteiger charge is 2.52. The monoisotopic (exact) mass is 543 g/mol. The molecule has 10 heteroatoms. The van der Waals surface area contributed by atoms with Crippen molar-refractivity contribution in [1.82, 2.24) is 10.3 Å². The quantitative estimate of drug-likeness (QED) is 0.437. The fraction of sp³-hybridized carbons (Fsp3) is 0.321. The SMILES string of the molecule is O=C(N[C@H]1CC[C@H](CN2C(=O)C(O)(c3ccccc3F)c3ccccc32)CC1)c1cc(Cl)cnc1C(F)F. The first-order valence-electron chi connectivity index (χ1n) is 12.3. The second-order valence-corrected chi connectivity index (χ2v) is 10.1. The van der Waals surface area contributed by atoms with Gasteiger partial charge in [-0.05, 0) is 49.8 Å². The average molecular weight is 544 g/mol. The van der Waals surface area contributed by atoms with Gasteiger partial charge in [0.2, 0.25) is 0 Å². The molecule has 1 fully saturated rings. The van der Waals surface area contributed by atoms with Crippen LogP contribution in [0.25, 0.3) is 0 Å². The number of aliphatic hydroxyl groups is 1. The molecular formula is C28H25ClF3N3O3. The molecule has 2 aromatic carbocycles. The minimum Gasteiger partial charge on any atom is -0.372 e. The number of aromatic nitrogens is 1. The number of carbonyl (C=O) groups is 2. The molecule has 2 heterocycles. The highest BCUT2D eigenvalue weighted by atomic mass is 35.5. The number of nitrogens with one attached hydrogen (secondary N) is 1. The number of anilines is 1. The summed E-state index contributed by atoms with van der Waals surface area (Å²) in [5, 5.41) is 14.4. The van der Waals surface area contributed by atoms with Gasteiger partial charge in [-0.2, -0.15) is 0 Å². The predicted molar refractivity (Wildman–Crippen MR) is 136 cm³/mol. The molecule has 0 radical (unpaired) electrons. The number of pyridine rings is 1. The Bertz CT molecular complexity index is 1380. The molecule has 1 aliphatic heterocycles. The van der Waals surface area contributed by atoms with E-state index in [1.54, 1.807) is 30.3 Å². The summed E-state index contributed by atoms with van der Waals surface area (Å²) in [5.74, 6) is -1.86. The minimum absolute atomic E-state index is 0.0626. The van der Waals surface area contributed by atoms with Crippen LogP contribution in [0.3, 0.4) is 0 Å². The Balaban J connectivity index is 1.27. The standard InChI is InChI=1S/C28H25ClF3N3O3/c29-17-13-19(24(25(31)32)33-14-17)26(36)34-18-11-9-16(10-12-18)15-35-23-8-4-2-6-21(23)28(38,27(35)37)20-5-1-3-7-22(20)30/h1-8,13-14,16,18,25,38H,9-12,15H2,(H,34,36)/t16-,18-,28?. The van der Waals surface area contributed by atoms with Gasteiger partial charge in [0, 0.05) is 29.9 Å². The number of alkyl halides is 2. The van der Waals surface area contributed by atoms with E-state index in [0.717, 1.165) is 6.20 Å². The number of rotatable bonds is 6. The molecule has 5 rings (SSSR count). The van der Waals surface area contributed by atoms with E-state index in [9.17, 15) is 27.9 Å². The third-order valence-corrected chi connectivity index (χ3v) is 7.57. The number of carbonyl (C=O) groups excluding carboxylic acids is 2. The third kappa shape index (κ3) is 4.65. The fourth-order valence-corrected chi connectivity index (χ4v) is 5.61. The van der Waals surface area contributed by atoms with E-state index < -0.39 is 35.4 Å². The van der Waals surface area contributed by atoms with E-state index in [1.165, 1.54) is 29.2 Å². The van der Waals surface area contributed by atoms with Crippen LogP contribution in [0.1, 0.15) is 59.3 Å². The summed E-state index contributed by atoms with van der Waals surface area (Å²) in [6.45, 7) is 0.320. The molecule has 0 spiro atoms. The lowest BCUT2D eigenvalue weighted by Gasteiger charge is -2.32. The normalized spacial score (nSPS) is 23.0. The average Bonchev–Trinajstić information content (AvgIpc) is 3.12. The van der Waals surface area contributed by atoms with Crippen molar-refractivity contribution in [3.63, 3.8) is 0 Å². The molecule has 1 aliphatic carbocycles. The highest BCUT2D eigenvalue weighted by Crippen LogP contribution is 2.45. The molecule has 2 amide bonds. The largest absolute Gasteiger partial charge is 0.372 e. The number of amides is 2. The third-order valence-electron chi connectivity index (χ3n) is 7.36. The van der Waals surface area contributed by atoms with E-state index in [2.05, 4.69) is 10.3 Å². The first kappa shape index (κ1) is 26.2. The first-order valence-corrected chi connectivity index (χ1v) is 12.7. The lowest BCUT2D eigenvalue weighted by molar-refractivity contribution is -0.132. The summed E-state index contributed by atoms with van der Waals surface area (Å²) >= 11 is 5.87. The number of fused-ring (bicyclic) bond motifs is 1. The lowest BCUT2D eigenvalue weighted by atomic mass is 9.85. The Morgan fingerprint density at radius 1 is 1.11 bits per heavy atom. The zero-order valence-electron chi connectivity index (χ0n) is 20.2. The van der Waals surface area contributed by atoms with Gasteiger partial charge < -0.3 is 15.3 Å². The van der Waals surface area contributed by atoms with Crippen molar-refractivity contribution in [1.29, 1.82) is 0 Å². The van der Waals surface area contributed by atoms with Gasteiger partial charge in [0.25, 0.3) is 18.2 Å². The van der Waals surface area contributed by atoms with Crippen molar-refractivity contribution < 1.29 is 27.9 Å². The molecule has 1 atom stereocenters. The Kier molecular flexibility index (Phi) is 7.15. The summed E-state index contributed by atoms with van der Waals surface area (Å²) < 4.78 is 41.3. The smallest absolute Gasteiger partial charge is 0.281 e. The number of nitrogens with zero attached hydrogens (tertiary/aromatic N) is 2. The van der Waals surface area contributed by atoms with Crippen LogP contribution >= 0.6 is 11.6 Å². The van der Waals surface area contributed by atoms with Crippen molar-refractivity contribution in [3.05, 3.63) is 94.0 Å². The molecule has 3 aromatic rings. The molecule has 0 bridgehead atoms. The zero-order chi connectivity index (χ0) is 27.0. The van der Waals surface area contributed by atoms with Crippen LogP contribution in [0.2, 0.25) is 5.02 Å². The fourth-order valence-electron chi connectivity index (χ4n) is 5.45. The maximum atomic E-state index is 14.7. The number of para-hydroxylation sites is 1. The molecule has 0 saturated heterocycles. The van der Waals surface area contributed by atoms with Crippen LogP contribution in [0, 0.1) is 11.7 Å². The van der Waals surface area contributed by atoms with Crippen LogP contribution in [-0.2, 0) is 10.4 Å². The molecule has 1 unspecified atom stereocenters. The Morgan fingerprint density at radius 2 is 1.76 bits per heavy atom. The second-order valence-electron chi connectivity index (χ2n) is 9.70. The summed E-state index contributed by atoms with van der Waals surface area (Å²) in [6, 6.07) is 13.5. The molecule has 2 N–H and O–H groups in total. The van der Waals surface area contributed by atoms with Gasteiger partial charge in [-0.3, -0.25) is 14.6 Å². The van der Waals surface area contributed by atoms with Crippen LogP contribution in [0.4, 0.5) is 18.9 Å². The predicted octanol–water partition coefficient (Wildman–Crippen LogP) is 5.38. The van der Waals surface area contributed by atoms with Gasteiger partial charge in [-0.25, -0.2) is 13.2 Å². The van der Waals surface area contributed by atoms with Crippen LogP contribution in [-0.4, -0.2) is 34.5 Å². The highest BCUT2D eigenvalue weighted by molar-refractivity contribution is 6.30. The van der Waals surface area contributed by atoms with Crippen molar-refractivity contribution in [2.75, 3.05) is 11.4 Å². The Hall–Kier alpha value is -3.43. The van der Waals surface area contributed by atoms with Gasteiger partial charge in [0.15, 0.2) is 5.60 Å². The summed E-state index contributed by atoms with van der Waals surface area (Å²) in [7, 11) is 0. The van der Waals surface area contributed by atoms with Crippen LogP contribution in [0.5, 0.6) is 0 Å². The summed E-state index contributed by atoms with van der Waals surface area (Å²) in [5.41, 5.74) is -2.21.